The molecule has 0 saturated carbocycles. The Bertz CT molecular complexity index is 1430. The van der Waals surface area contributed by atoms with Gasteiger partial charge in [0.25, 0.3) is 5.91 Å². The summed E-state index contributed by atoms with van der Waals surface area (Å²) >= 11 is 0. The molecule has 0 saturated heterocycles. The number of nitrogens with zero attached hydrogens (tertiary/aromatic N) is 4. The number of H-pyrrole nitrogens is 2. The third kappa shape index (κ3) is 3.95. The van der Waals surface area contributed by atoms with Crippen LogP contribution in [0.5, 0.6) is 0 Å². The maximum Gasteiger partial charge on any atom is 0.416 e. The van der Waals surface area contributed by atoms with Crippen molar-refractivity contribution in [3.63, 3.8) is 0 Å². The van der Waals surface area contributed by atoms with Crippen molar-refractivity contribution in [3.8, 4) is 11.5 Å². The Labute approximate surface area is 189 Å². The number of halogens is 3. The van der Waals surface area contributed by atoms with Crippen molar-refractivity contribution in [1.82, 2.24) is 35.5 Å². The summed E-state index contributed by atoms with van der Waals surface area (Å²) in [5.41, 5.74) is 1.50. The second kappa shape index (κ2) is 7.93. The van der Waals surface area contributed by atoms with E-state index >= 15 is 0 Å². The normalized spacial score (nSPS) is 14.5. The minimum Gasteiger partial charge on any atom is -0.343 e. The van der Waals surface area contributed by atoms with E-state index in [1.165, 1.54) is 12.4 Å². The molecule has 0 radical (unpaired) electrons. The molecule has 4 N–H and O–H groups in total. The number of aromatic nitrogens is 6. The first-order valence-electron chi connectivity index (χ1n) is 10.3. The molecule has 13 heteroatoms. The number of aromatic amines is 2. The molecule has 1 aromatic carbocycles. The highest BCUT2D eigenvalue weighted by Gasteiger charge is 2.31. The van der Waals surface area contributed by atoms with Gasteiger partial charge in [0.2, 0.25) is 5.91 Å². The van der Waals surface area contributed by atoms with Crippen molar-refractivity contribution < 1.29 is 22.8 Å². The zero-order chi connectivity index (χ0) is 24.0. The van der Waals surface area contributed by atoms with E-state index in [-0.39, 0.29) is 29.4 Å². The van der Waals surface area contributed by atoms with E-state index in [1.807, 2.05) is 0 Å². The number of alkyl halides is 3. The zero-order valence-electron chi connectivity index (χ0n) is 17.6. The van der Waals surface area contributed by atoms with Crippen LogP contribution in [-0.2, 0) is 17.4 Å². The summed E-state index contributed by atoms with van der Waals surface area (Å²) in [5.74, 6) is 0.000377. The van der Waals surface area contributed by atoms with Crippen molar-refractivity contribution in [2.75, 3.05) is 5.32 Å². The molecule has 1 atom stereocenters. The van der Waals surface area contributed by atoms with Crippen LogP contribution in [0.1, 0.15) is 46.7 Å². The average molecular weight is 470 g/mol. The van der Waals surface area contributed by atoms with E-state index in [4.69, 9.17) is 0 Å². The van der Waals surface area contributed by atoms with Gasteiger partial charge in [-0.2, -0.15) is 18.3 Å². The fourth-order valence-corrected chi connectivity index (χ4v) is 3.72. The molecular formula is C21H17F3N8O2. The number of rotatable bonds is 4. The van der Waals surface area contributed by atoms with Crippen LogP contribution in [0.3, 0.4) is 0 Å². The first-order valence-corrected chi connectivity index (χ1v) is 10.3. The topological polar surface area (TPSA) is 141 Å². The highest BCUT2D eigenvalue weighted by Crippen LogP contribution is 2.32. The third-order valence-electron chi connectivity index (χ3n) is 5.48. The number of carbonyl (C=O) groups is 2. The van der Waals surface area contributed by atoms with Crippen molar-refractivity contribution in [2.24, 2.45) is 0 Å². The molecule has 3 aromatic heterocycles. The third-order valence-corrected chi connectivity index (χ3v) is 5.48. The molecule has 0 unspecified atom stereocenters. The summed E-state index contributed by atoms with van der Waals surface area (Å²) in [6, 6.07) is 4.39. The molecule has 174 valence electrons. The molecule has 10 nitrogen and oxygen atoms in total. The van der Waals surface area contributed by atoms with Crippen LogP contribution in [0.25, 0.3) is 22.6 Å². The number of benzene rings is 1. The first-order chi connectivity index (χ1) is 16.2. The lowest BCUT2D eigenvalue weighted by Crippen LogP contribution is -2.31. The second-order valence-corrected chi connectivity index (χ2v) is 7.82. The highest BCUT2D eigenvalue weighted by molar-refractivity contribution is 5.99. The van der Waals surface area contributed by atoms with Gasteiger partial charge in [-0.15, -0.1) is 0 Å². The molecule has 34 heavy (non-hydrogen) atoms. The van der Waals surface area contributed by atoms with Gasteiger partial charge in [-0.3, -0.25) is 14.7 Å². The molecular weight excluding hydrogens is 453 g/mol. The van der Waals surface area contributed by atoms with Crippen molar-refractivity contribution in [1.29, 1.82) is 0 Å². The summed E-state index contributed by atoms with van der Waals surface area (Å²) in [6.45, 7) is 1.73. The average Bonchev–Trinajstić information content (AvgIpc) is 3.44. The van der Waals surface area contributed by atoms with Crippen molar-refractivity contribution in [3.05, 3.63) is 53.1 Å². The minimum absolute atomic E-state index is 0.170. The van der Waals surface area contributed by atoms with Crippen LogP contribution in [-0.4, -0.2) is 41.9 Å². The molecule has 2 amide bonds. The molecule has 1 aliphatic rings. The lowest BCUT2D eigenvalue weighted by molar-refractivity contribution is -0.137. The van der Waals surface area contributed by atoms with Gasteiger partial charge in [-0.25, -0.2) is 15.0 Å². The van der Waals surface area contributed by atoms with Crippen molar-refractivity contribution in [2.45, 2.75) is 32.0 Å². The minimum atomic E-state index is -4.46. The van der Waals surface area contributed by atoms with E-state index in [9.17, 15) is 22.8 Å². The summed E-state index contributed by atoms with van der Waals surface area (Å²) in [7, 11) is 0. The molecule has 5 rings (SSSR count). The molecule has 0 aliphatic carbocycles. The van der Waals surface area contributed by atoms with E-state index in [1.54, 1.807) is 13.0 Å². The van der Waals surface area contributed by atoms with Gasteiger partial charge in [0.15, 0.2) is 5.82 Å². The van der Waals surface area contributed by atoms with Crippen LogP contribution in [0.15, 0.2) is 30.6 Å². The summed E-state index contributed by atoms with van der Waals surface area (Å²) in [4.78, 5) is 39.6. The van der Waals surface area contributed by atoms with Crippen LogP contribution in [0.2, 0.25) is 0 Å². The van der Waals surface area contributed by atoms with Gasteiger partial charge in [0.1, 0.15) is 23.5 Å². The molecule has 4 heterocycles. The Hall–Kier alpha value is -4.29. The van der Waals surface area contributed by atoms with E-state index in [2.05, 4.69) is 40.8 Å². The van der Waals surface area contributed by atoms with Crippen LogP contribution >= 0.6 is 0 Å². The van der Waals surface area contributed by atoms with Crippen LogP contribution in [0, 0.1) is 0 Å². The number of carbonyl (C=O) groups excluding carboxylic acids is 2. The van der Waals surface area contributed by atoms with E-state index in [0.29, 0.717) is 34.7 Å². The van der Waals surface area contributed by atoms with Crippen LogP contribution in [0.4, 0.5) is 19.0 Å². The number of nitrogens with one attached hydrogen (secondary N) is 4. The molecule has 0 fully saturated rings. The van der Waals surface area contributed by atoms with Gasteiger partial charge in [0, 0.05) is 12.0 Å². The lowest BCUT2D eigenvalue weighted by Gasteiger charge is -2.18. The number of anilines is 1. The molecule has 0 bridgehead atoms. The second-order valence-electron chi connectivity index (χ2n) is 7.82. The Kier molecular flexibility index (Phi) is 5.03. The predicted octanol–water partition coefficient (Wildman–Crippen LogP) is 3.14. The van der Waals surface area contributed by atoms with E-state index < -0.39 is 23.7 Å². The van der Waals surface area contributed by atoms with Crippen LogP contribution < -0.4 is 10.6 Å². The lowest BCUT2D eigenvalue weighted by atomic mass is 10.0. The zero-order valence-corrected chi connectivity index (χ0v) is 17.6. The number of imidazole rings is 1. The first kappa shape index (κ1) is 21.6. The quantitative estimate of drug-likeness (QED) is 0.361. The molecule has 0 spiro atoms. The Balaban J connectivity index is 1.35. The standard InChI is InChI=1S/C21H17F3N8O2/c1-9(27-20(34)17-11-3-5-16(33)30-18(11)26-8-25-17)13-7-15(32-31-13)19-28-12-4-2-10(21(22,23)24)6-14(12)29-19/h2,4,6-9H,3,5H2,1H3,(H,27,34)(H,28,29)(H,31,32)(H,25,26,30,33)/t9-/m1/s1. The predicted molar refractivity (Wildman–Crippen MR) is 114 cm³/mol. The summed E-state index contributed by atoms with van der Waals surface area (Å²) in [5, 5.41) is 12.4. The largest absolute Gasteiger partial charge is 0.416 e. The van der Waals surface area contributed by atoms with Gasteiger partial charge < -0.3 is 15.6 Å². The highest BCUT2D eigenvalue weighted by atomic mass is 19.4. The monoisotopic (exact) mass is 470 g/mol. The summed E-state index contributed by atoms with van der Waals surface area (Å²) in [6.07, 6.45) is -2.65. The number of fused-ring (bicyclic) bond motifs is 2. The van der Waals surface area contributed by atoms with Gasteiger partial charge in [0.05, 0.1) is 28.3 Å². The Morgan fingerprint density at radius 2 is 2.00 bits per heavy atom. The maximum atomic E-state index is 13.0. The SMILES string of the molecule is C[C@@H](NC(=O)c1ncnc2c1CCC(=O)N2)c1cc(-c2nc3ccc(C(F)(F)F)cc3[nH]2)n[nH]1. The fourth-order valence-electron chi connectivity index (χ4n) is 3.72. The van der Waals surface area contributed by atoms with Gasteiger partial charge in [-0.1, -0.05) is 0 Å². The van der Waals surface area contributed by atoms with Crippen molar-refractivity contribution >= 4 is 28.7 Å². The number of amides is 2. The summed E-state index contributed by atoms with van der Waals surface area (Å²) < 4.78 is 38.9. The number of hydrogen-bond acceptors (Lipinski definition) is 6. The maximum absolute atomic E-state index is 13.0. The van der Waals surface area contributed by atoms with E-state index in [0.717, 1.165) is 12.1 Å². The fraction of sp³-hybridized carbons (Fsp3) is 0.238. The number of hydrogen-bond donors (Lipinski definition) is 4. The molecule has 4 aromatic rings. The Morgan fingerprint density at radius 3 is 2.79 bits per heavy atom. The van der Waals surface area contributed by atoms with Gasteiger partial charge >= 0.3 is 6.18 Å². The van der Waals surface area contributed by atoms with Gasteiger partial charge in [-0.05, 0) is 37.6 Å². The Morgan fingerprint density at radius 1 is 1.18 bits per heavy atom. The smallest absolute Gasteiger partial charge is 0.343 e. The molecule has 1 aliphatic heterocycles.